The second-order valence-corrected chi connectivity index (χ2v) is 7.95. The Morgan fingerprint density at radius 3 is 2.48 bits per heavy atom. The van der Waals surface area contributed by atoms with E-state index in [2.05, 4.69) is 5.32 Å². The van der Waals surface area contributed by atoms with Crippen molar-refractivity contribution in [3.8, 4) is 0 Å². The number of quaternary nitrogens is 1. The highest BCUT2D eigenvalue weighted by atomic mass is 16.5. The molecule has 2 atom stereocenters. The summed E-state index contributed by atoms with van der Waals surface area (Å²) in [4.78, 5) is 51.7. The summed E-state index contributed by atoms with van der Waals surface area (Å²) in [6.07, 6.45) is 1.61. The number of fused-ring (bicyclic) bond motifs is 2. The Kier molecular flexibility index (Phi) is 5.95. The Bertz CT molecular complexity index is 1060. The molecule has 1 aliphatic heterocycles. The zero-order chi connectivity index (χ0) is 22.0. The van der Waals surface area contributed by atoms with Gasteiger partial charge in [0.15, 0.2) is 18.1 Å². The molecular formula is C24H25N2O5+. The van der Waals surface area contributed by atoms with E-state index in [1.54, 1.807) is 49.4 Å². The SMILES string of the molecule is CCOC(=O)[C@H]1CCC[NH+](CC(=O)Nc2cccc3c2C(=O)c2ccccc2C3=O)C1. The minimum Gasteiger partial charge on any atom is -0.466 e. The molecule has 7 heteroatoms. The third kappa shape index (κ3) is 4.14. The van der Waals surface area contributed by atoms with Crippen molar-refractivity contribution in [1.29, 1.82) is 0 Å². The summed E-state index contributed by atoms with van der Waals surface area (Å²) in [5.41, 5.74) is 1.60. The van der Waals surface area contributed by atoms with Crippen molar-refractivity contribution in [2.75, 3.05) is 31.6 Å². The van der Waals surface area contributed by atoms with Gasteiger partial charge in [0.05, 0.1) is 30.9 Å². The smallest absolute Gasteiger partial charge is 0.314 e. The van der Waals surface area contributed by atoms with Crippen LogP contribution < -0.4 is 10.2 Å². The van der Waals surface area contributed by atoms with E-state index in [0.29, 0.717) is 35.5 Å². The minimum absolute atomic E-state index is 0.179. The van der Waals surface area contributed by atoms with Crippen molar-refractivity contribution in [2.45, 2.75) is 19.8 Å². The molecule has 0 bridgehead atoms. The number of carbonyl (C=O) groups excluding carboxylic acids is 4. The van der Waals surface area contributed by atoms with Gasteiger partial charge < -0.3 is 15.0 Å². The number of ether oxygens (including phenoxy) is 1. The lowest BCUT2D eigenvalue weighted by Crippen LogP contribution is -3.14. The third-order valence-electron chi connectivity index (χ3n) is 5.88. The Hall–Kier alpha value is -3.32. The minimum atomic E-state index is -0.270. The predicted molar refractivity (Wildman–Crippen MR) is 113 cm³/mol. The van der Waals surface area contributed by atoms with E-state index < -0.39 is 0 Å². The second kappa shape index (κ2) is 8.81. The molecule has 0 saturated carbocycles. The molecule has 2 aliphatic rings. The van der Waals surface area contributed by atoms with Crippen molar-refractivity contribution in [2.24, 2.45) is 5.92 Å². The number of ketones is 2. The fourth-order valence-corrected chi connectivity index (χ4v) is 4.44. The highest BCUT2D eigenvalue weighted by molar-refractivity contribution is 6.30. The Labute approximate surface area is 180 Å². The topological polar surface area (TPSA) is 94.0 Å². The molecule has 2 aromatic rings. The van der Waals surface area contributed by atoms with E-state index in [1.807, 2.05) is 0 Å². The molecule has 0 spiro atoms. The van der Waals surface area contributed by atoms with Gasteiger partial charge in [0, 0.05) is 16.7 Å². The van der Waals surface area contributed by atoms with Gasteiger partial charge in [-0.05, 0) is 25.8 Å². The van der Waals surface area contributed by atoms with E-state index in [9.17, 15) is 19.2 Å². The average molecular weight is 421 g/mol. The molecule has 1 heterocycles. The number of hydrogen-bond donors (Lipinski definition) is 2. The van der Waals surface area contributed by atoms with Crippen LogP contribution in [-0.2, 0) is 14.3 Å². The van der Waals surface area contributed by atoms with Gasteiger partial charge in [0.25, 0.3) is 5.91 Å². The van der Waals surface area contributed by atoms with E-state index >= 15 is 0 Å². The van der Waals surface area contributed by atoms with Crippen LogP contribution in [0.4, 0.5) is 5.69 Å². The fraction of sp³-hybridized carbons (Fsp3) is 0.333. The quantitative estimate of drug-likeness (QED) is 0.605. The Morgan fingerprint density at radius 2 is 1.74 bits per heavy atom. The zero-order valence-corrected chi connectivity index (χ0v) is 17.4. The number of likely N-dealkylation sites (tertiary alicyclic amines) is 1. The van der Waals surface area contributed by atoms with Crippen molar-refractivity contribution >= 4 is 29.1 Å². The van der Waals surface area contributed by atoms with Crippen molar-refractivity contribution in [3.05, 3.63) is 64.7 Å². The molecule has 0 aromatic heterocycles. The lowest BCUT2D eigenvalue weighted by molar-refractivity contribution is -0.899. The predicted octanol–water partition coefficient (Wildman–Crippen LogP) is 1.26. The summed E-state index contributed by atoms with van der Waals surface area (Å²) in [5, 5.41) is 2.82. The molecule has 1 fully saturated rings. The Balaban J connectivity index is 1.49. The molecule has 7 nitrogen and oxygen atoms in total. The summed E-state index contributed by atoms with van der Waals surface area (Å²) in [7, 11) is 0. The van der Waals surface area contributed by atoms with Gasteiger partial charge in [-0.2, -0.15) is 0 Å². The number of hydrogen-bond acceptors (Lipinski definition) is 5. The van der Waals surface area contributed by atoms with Crippen LogP contribution in [0, 0.1) is 5.92 Å². The molecule has 1 amide bonds. The number of carbonyl (C=O) groups is 4. The first-order valence-electron chi connectivity index (χ1n) is 10.6. The summed E-state index contributed by atoms with van der Waals surface area (Å²) < 4.78 is 5.12. The number of esters is 1. The number of nitrogens with one attached hydrogen (secondary N) is 2. The van der Waals surface area contributed by atoms with Crippen LogP contribution in [0.25, 0.3) is 0 Å². The van der Waals surface area contributed by atoms with Crippen molar-refractivity contribution in [1.82, 2.24) is 0 Å². The number of piperidine rings is 1. The fourth-order valence-electron chi connectivity index (χ4n) is 4.44. The summed E-state index contributed by atoms with van der Waals surface area (Å²) in [6.45, 7) is 3.65. The maximum absolute atomic E-state index is 13.1. The molecule has 4 rings (SSSR count). The third-order valence-corrected chi connectivity index (χ3v) is 5.88. The maximum Gasteiger partial charge on any atom is 0.314 e. The van der Waals surface area contributed by atoms with Gasteiger partial charge in [-0.1, -0.05) is 36.4 Å². The molecule has 1 unspecified atom stereocenters. The first-order chi connectivity index (χ1) is 15.0. The van der Waals surface area contributed by atoms with E-state index in [0.717, 1.165) is 24.3 Å². The van der Waals surface area contributed by atoms with Crippen molar-refractivity contribution < 1.29 is 28.8 Å². The van der Waals surface area contributed by atoms with Crippen LogP contribution in [-0.4, -0.2) is 49.7 Å². The number of benzene rings is 2. The van der Waals surface area contributed by atoms with Crippen molar-refractivity contribution in [3.63, 3.8) is 0 Å². The molecule has 1 saturated heterocycles. The average Bonchev–Trinajstić information content (AvgIpc) is 2.77. The standard InChI is InChI=1S/C24H24N2O5/c1-2-31-24(30)15-7-6-12-26(13-15)14-20(27)25-19-11-5-10-18-21(19)23(29)17-9-4-3-8-16(17)22(18)28/h3-5,8-11,15H,2,6-7,12-14H2,1H3,(H,25,27)/p+1/t15-/m0/s1. The molecule has 31 heavy (non-hydrogen) atoms. The maximum atomic E-state index is 13.1. The lowest BCUT2D eigenvalue weighted by atomic mass is 9.83. The second-order valence-electron chi connectivity index (χ2n) is 7.95. The Morgan fingerprint density at radius 1 is 1.03 bits per heavy atom. The van der Waals surface area contributed by atoms with E-state index in [1.165, 1.54) is 0 Å². The lowest BCUT2D eigenvalue weighted by Gasteiger charge is -2.28. The van der Waals surface area contributed by atoms with Crippen LogP contribution in [0.1, 0.15) is 51.6 Å². The van der Waals surface area contributed by atoms with Crippen LogP contribution in [0.5, 0.6) is 0 Å². The van der Waals surface area contributed by atoms with E-state index in [4.69, 9.17) is 4.74 Å². The first kappa shape index (κ1) is 20.9. The first-order valence-corrected chi connectivity index (χ1v) is 10.6. The highest BCUT2D eigenvalue weighted by Gasteiger charge is 2.33. The number of amides is 1. The monoisotopic (exact) mass is 421 g/mol. The normalized spacial score (nSPS) is 19.9. The summed E-state index contributed by atoms with van der Waals surface area (Å²) >= 11 is 0. The largest absolute Gasteiger partial charge is 0.466 e. The van der Waals surface area contributed by atoms with Crippen LogP contribution in [0.3, 0.4) is 0 Å². The molecule has 2 N–H and O–H groups in total. The highest BCUT2D eigenvalue weighted by Crippen LogP contribution is 2.31. The van der Waals surface area contributed by atoms with Crippen LogP contribution in [0.15, 0.2) is 42.5 Å². The van der Waals surface area contributed by atoms with Gasteiger partial charge in [-0.25, -0.2) is 0 Å². The van der Waals surface area contributed by atoms with Gasteiger partial charge in [-0.15, -0.1) is 0 Å². The number of rotatable bonds is 5. The van der Waals surface area contributed by atoms with E-state index in [-0.39, 0.29) is 41.5 Å². The van der Waals surface area contributed by atoms with Crippen LogP contribution >= 0.6 is 0 Å². The molecule has 0 radical (unpaired) electrons. The molecule has 2 aromatic carbocycles. The molecular weight excluding hydrogens is 396 g/mol. The van der Waals surface area contributed by atoms with Gasteiger partial charge in [0.2, 0.25) is 0 Å². The van der Waals surface area contributed by atoms with Crippen LogP contribution in [0.2, 0.25) is 0 Å². The molecule has 1 aliphatic carbocycles. The number of anilines is 1. The van der Waals surface area contributed by atoms with Gasteiger partial charge in [-0.3, -0.25) is 19.2 Å². The zero-order valence-electron chi connectivity index (χ0n) is 17.4. The van der Waals surface area contributed by atoms with Gasteiger partial charge in [0.1, 0.15) is 5.92 Å². The summed E-state index contributed by atoms with van der Waals surface area (Å²) in [5.74, 6) is -1.15. The molecule has 160 valence electrons. The van der Waals surface area contributed by atoms with Gasteiger partial charge >= 0.3 is 5.97 Å². The summed E-state index contributed by atoms with van der Waals surface area (Å²) in [6, 6.07) is 11.6.